The molecule has 0 aromatic rings. The van der Waals surface area contributed by atoms with Gasteiger partial charge >= 0.3 is 0 Å². The summed E-state index contributed by atoms with van der Waals surface area (Å²) in [5.74, 6) is 0.880. The van der Waals surface area contributed by atoms with Crippen molar-refractivity contribution in [2.45, 2.75) is 58.9 Å². The lowest BCUT2D eigenvalue weighted by Gasteiger charge is -2.23. The predicted molar refractivity (Wildman–Crippen MR) is 59.0 cm³/mol. The molecule has 1 heterocycles. The summed E-state index contributed by atoms with van der Waals surface area (Å²) in [6, 6.07) is 0.834. The van der Waals surface area contributed by atoms with Crippen LogP contribution in [0.5, 0.6) is 0 Å². The highest BCUT2D eigenvalue weighted by Crippen LogP contribution is 2.16. The molecule has 13 heavy (non-hydrogen) atoms. The standard InChI is InChI=1S/C12H25N/c1-11(2)7-6-8-12(3)13-9-4-5-10-13/h11-12H,4-10H2,1-3H3. The minimum atomic E-state index is 0.834. The Labute approximate surface area is 83.5 Å². The van der Waals surface area contributed by atoms with Crippen molar-refractivity contribution in [3.05, 3.63) is 0 Å². The molecule has 1 nitrogen and oxygen atoms in total. The second-order valence-electron chi connectivity index (χ2n) is 4.92. The first-order chi connectivity index (χ1) is 6.20. The van der Waals surface area contributed by atoms with Gasteiger partial charge in [-0.1, -0.05) is 26.7 Å². The van der Waals surface area contributed by atoms with Crippen molar-refractivity contribution in [1.29, 1.82) is 0 Å². The van der Waals surface area contributed by atoms with E-state index in [0.29, 0.717) is 0 Å². The molecule has 0 bridgehead atoms. The number of hydrogen-bond donors (Lipinski definition) is 0. The van der Waals surface area contributed by atoms with E-state index in [0.717, 1.165) is 12.0 Å². The lowest BCUT2D eigenvalue weighted by Crippen LogP contribution is -2.29. The highest BCUT2D eigenvalue weighted by Gasteiger charge is 2.17. The Balaban J connectivity index is 2.06. The van der Waals surface area contributed by atoms with Crippen molar-refractivity contribution < 1.29 is 0 Å². The van der Waals surface area contributed by atoms with Gasteiger partial charge in [-0.15, -0.1) is 0 Å². The van der Waals surface area contributed by atoms with Crippen molar-refractivity contribution in [3.63, 3.8) is 0 Å². The molecule has 1 atom stereocenters. The molecule has 0 spiro atoms. The van der Waals surface area contributed by atoms with E-state index in [2.05, 4.69) is 25.7 Å². The van der Waals surface area contributed by atoms with Gasteiger partial charge in [-0.25, -0.2) is 0 Å². The monoisotopic (exact) mass is 183 g/mol. The Morgan fingerprint density at radius 1 is 1.00 bits per heavy atom. The van der Waals surface area contributed by atoms with Gasteiger partial charge in [0.2, 0.25) is 0 Å². The number of nitrogens with zero attached hydrogens (tertiary/aromatic N) is 1. The second-order valence-corrected chi connectivity index (χ2v) is 4.92. The van der Waals surface area contributed by atoms with Crippen LogP contribution in [0.25, 0.3) is 0 Å². The molecular formula is C12H25N. The Morgan fingerprint density at radius 3 is 2.15 bits per heavy atom. The third-order valence-electron chi connectivity index (χ3n) is 3.17. The molecule has 0 aromatic heterocycles. The molecule has 1 fully saturated rings. The van der Waals surface area contributed by atoms with Crippen molar-refractivity contribution in [1.82, 2.24) is 4.90 Å². The van der Waals surface area contributed by atoms with E-state index in [1.54, 1.807) is 0 Å². The number of hydrogen-bond acceptors (Lipinski definition) is 1. The van der Waals surface area contributed by atoms with Crippen LogP contribution in [0.3, 0.4) is 0 Å². The highest BCUT2D eigenvalue weighted by atomic mass is 15.2. The summed E-state index contributed by atoms with van der Waals surface area (Å²) in [5.41, 5.74) is 0. The Bertz CT molecular complexity index is 125. The third kappa shape index (κ3) is 4.12. The van der Waals surface area contributed by atoms with E-state index in [9.17, 15) is 0 Å². The van der Waals surface area contributed by atoms with Gasteiger partial charge in [-0.3, -0.25) is 0 Å². The summed E-state index contributed by atoms with van der Waals surface area (Å²) >= 11 is 0. The first-order valence-electron chi connectivity index (χ1n) is 5.94. The minimum absolute atomic E-state index is 0.834. The lowest BCUT2D eigenvalue weighted by molar-refractivity contribution is 0.240. The van der Waals surface area contributed by atoms with Crippen LogP contribution in [0, 0.1) is 5.92 Å². The first-order valence-corrected chi connectivity index (χ1v) is 5.94. The van der Waals surface area contributed by atoms with Crippen LogP contribution in [0.2, 0.25) is 0 Å². The molecule has 1 unspecified atom stereocenters. The molecule has 1 saturated heterocycles. The summed E-state index contributed by atoms with van der Waals surface area (Å²) in [7, 11) is 0. The molecule has 1 rings (SSSR count). The topological polar surface area (TPSA) is 3.24 Å². The lowest BCUT2D eigenvalue weighted by atomic mass is 10.0. The van der Waals surface area contributed by atoms with Crippen molar-refractivity contribution >= 4 is 0 Å². The maximum atomic E-state index is 2.65. The zero-order valence-electron chi connectivity index (χ0n) is 9.55. The molecule has 0 aromatic carbocycles. The summed E-state index contributed by atoms with van der Waals surface area (Å²) in [6.45, 7) is 9.73. The van der Waals surface area contributed by atoms with E-state index < -0.39 is 0 Å². The zero-order valence-corrected chi connectivity index (χ0v) is 9.55. The highest BCUT2D eigenvalue weighted by molar-refractivity contribution is 4.72. The molecule has 0 amide bonds. The fourth-order valence-corrected chi connectivity index (χ4v) is 2.19. The summed E-state index contributed by atoms with van der Waals surface area (Å²) in [5, 5.41) is 0. The number of likely N-dealkylation sites (tertiary alicyclic amines) is 1. The van der Waals surface area contributed by atoms with Gasteiger partial charge in [0.15, 0.2) is 0 Å². The average Bonchev–Trinajstić information content (AvgIpc) is 2.55. The fraction of sp³-hybridized carbons (Fsp3) is 1.00. The van der Waals surface area contributed by atoms with Crippen LogP contribution in [-0.4, -0.2) is 24.0 Å². The third-order valence-corrected chi connectivity index (χ3v) is 3.17. The van der Waals surface area contributed by atoms with E-state index in [-0.39, 0.29) is 0 Å². The van der Waals surface area contributed by atoms with Crippen LogP contribution < -0.4 is 0 Å². The molecule has 0 aliphatic carbocycles. The molecule has 1 aliphatic heterocycles. The minimum Gasteiger partial charge on any atom is -0.301 e. The van der Waals surface area contributed by atoms with Gasteiger partial charge in [0.25, 0.3) is 0 Å². The van der Waals surface area contributed by atoms with Crippen molar-refractivity contribution in [3.8, 4) is 0 Å². The summed E-state index contributed by atoms with van der Waals surface area (Å²) in [4.78, 5) is 2.65. The molecule has 1 heteroatoms. The van der Waals surface area contributed by atoms with Crippen molar-refractivity contribution in [2.24, 2.45) is 5.92 Å². The maximum absolute atomic E-state index is 2.65. The van der Waals surface area contributed by atoms with Gasteiger partial charge in [0.1, 0.15) is 0 Å². The Hall–Kier alpha value is -0.0400. The van der Waals surface area contributed by atoms with Crippen LogP contribution in [0.4, 0.5) is 0 Å². The fourth-order valence-electron chi connectivity index (χ4n) is 2.19. The van der Waals surface area contributed by atoms with E-state index in [4.69, 9.17) is 0 Å². The van der Waals surface area contributed by atoms with Crippen molar-refractivity contribution in [2.75, 3.05) is 13.1 Å². The van der Waals surface area contributed by atoms with E-state index >= 15 is 0 Å². The Morgan fingerprint density at radius 2 is 1.62 bits per heavy atom. The largest absolute Gasteiger partial charge is 0.301 e. The van der Waals surface area contributed by atoms with Crippen LogP contribution in [0.15, 0.2) is 0 Å². The zero-order chi connectivity index (χ0) is 9.68. The van der Waals surface area contributed by atoms with Gasteiger partial charge < -0.3 is 4.90 Å². The molecule has 0 radical (unpaired) electrons. The summed E-state index contributed by atoms with van der Waals surface area (Å²) in [6.07, 6.45) is 7.06. The Kier molecular flexibility index (Phi) is 4.79. The maximum Gasteiger partial charge on any atom is 0.00669 e. The normalized spacial score (nSPS) is 21.2. The first kappa shape index (κ1) is 11.0. The molecule has 0 saturated carbocycles. The number of rotatable bonds is 5. The van der Waals surface area contributed by atoms with E-state index in [1.807, 2.05) is 0 Å². The molecular weight excluding hydrogens is 158 g/mol. The average molecular weight is 183 g/mol. The quantitative estimate of drug-likeness (QED) is 0.632. The smallest absolute Gasteiger partial charge is 0.00669 e. The van der Waals surface area contributed by atoms with Gasteiger partial charge in [-0.2, -0.15) is 0 Å². The molecule has 1 aliphatic rings. The predicted octanol–water partition coefficient (Wildman–Crippen LogP) is 3.30. The summed E-state index contributed by atoms with van der Waals surface area (Å²) < 4.78 is 0. The second kappa shape index (κ2) is 5.64. The van der Waals surface area contributed by atoms with Crippen LogP contribution in [-0.2, 0) is 0 Å². The van der Waals surface area contributed by atoms with Gasteiger partial charge in [0, 0.05) is 6.04 Å². The van der Waals surface area contributed by atoms with Gasteiger partial charge in [-0.05, 0) is 45.2 Å². The molecule has 78 valence electrons. The SMILES string of the molecule is CC(C)CCCC(C)N1CCCC1. The van der Waals surface area contributed by atoms with E-state index in [1.165, 1.54) is 45.2 Å². The van der Waals surface area contributed by atoms with Crippen LogP contribution >= 0.6 is 0 Å². The van der Waals surface area contributed by atoms with Crippen LogP contribution in [0.1, 0.15) is 52.9 Å². The molecule has 0 N–H and O–H groups in total. The van der Waals surface area contributed by atoms with Gasteiger partial charge in [0.05, 0.1) is 0 Å².